The third-order valence-electron chi connectivity index (χ3n) is 2.15. The highest BCUT2D eigenvalue weighted by Gasteiger charge is 2.13. The first-order chi connectivity index (χ1) is 7.11. The SMILES string of the molecule is CN(C)c1ncc2cccc(C(=O)O)n12. The van der Waals surface area contributed by atoms with Crippen molar-refractivity contribution in [2.75, 3.05) is 19.0 Å². The number of carboxylic acids is 1. The van der Waals surface area contributed by atoms with Crippen LogP contribution in [0, 0.1) is 0 Å². The fourth-order valence-electron chi connectivity index (χ4n) is 1.51. The van der Waals surface area contributed by atoms with E-state index in [0.717, 1.165) is 5.52 Å². The minimum absolute atomic E-state index is 0.216. The molecule has 1 N–H and O–H groups in total. The predicted octanol–water partition coefficient (Wildman–Crippen LogP) is 1.10. The molecule has 0 radical (unpaired) electrons. The Morgan fingerprint density at radius 1 is 1.47 bits per heavy atom. The molecule has 0 amide bonds. The fraction of sp³-hybridized carbons (Fsp3) is 0.200. The highest BCUT2D eigenvalue weighted by Crippen LogP contribution is 2.16. The lowest BCUT2D eigenvalue weighted by molar-refractivity contribution is 0.0689. The van der Waals surface area contributed by atoms with Crippen molar-refractivity contribution >= 4 is 17.4 Å². The molecule has 5 nitrogen and oxygen atoms in total. The molecule has 2 rings (SSSR count). The van der Waals surface area contributed by atoms with Crippen molar-refractivity contribution in [3.63, 3.8) is 0 Å². The van der Waals surface area contributed by atoms with Crippen molar-refractivity contribution in [3.05, 3.63) is 30.1 Å². The number of pyridine rings is 1. The maximum atomic E-state index is 11.0. The van der Waals surface area contributed by atoms with Crippen LogP contribution in [0.2, 0.25) is 0 Å². The maximum absolute atomic E-state index is 11.0. The largest absolute Gasteiger partial charge is 0.477 e. The Morgan fingerprint density at radius 3 is 2.80 bits per heavy atom. The fourth-order valence-corrected chi connectivity index (χ4v) is 1.51. The van der Waals surface area contributed by atoms with E-state index in [4.69, 9.17) is 5.11 Å². The normalized spacial score (nSPS) is 10.5. The number of carboxylic acid groups (broad SMARTS) is 1. The molecule has 0 aliphatic carbocycles. The molecule has 0 saturated carbocycles. The molecule has 0 aromatic carbocycles. The highest BCUT2D eigenvalue weighted by molar-refractivity contribution is 5.87. The number of nitrogens with zero attached hydrogens (tertiary/aromatic N) is 3. The molecule has 0 bridgehead atoms. The summed E-state index contributed by atoms with van der Waals surface area (Å²) in [6.07, 6.45) is 1.65. The summed E-state index contributed by atoms with van der Waals surface area (Å²) in [6, 6.07) is 5.09. The Labute approximate surface area is 86.6 Å². The van der Waals surface area contributed by atoms with Gasteiger partial charge < -0.3 is 10.0 Å². The summed E-state index contributed by atoms with van der Waals surface area (Å²) in [6.45, 7) is 0. The zero-order valence-corrected chi connectivity index (χ0v) is 8.51. The minimum Gasteiger partial charge on any atom is -0.477 e. The van der Waals surface area contributed by atoms with Crippen LogP contribution in [0.1, 0.15) is 10.5 Å². The summed E-state index contributed by atoms with van der Waals surface area (Å²) in [4.78, 5) is 17.0. The molecule has 5 heteroatoms. The molecule has 15 heavy (non-hydrogen) atoms. The smallest absolute Gasteiger partial charge is 0.352 e. The molecule has 78 valence electrons. The predicted molar refractivity (Wildman–Crippen MR) is 56.5 cm³/mol. The van der Waals surface area contributed by atoms with Crippen LogP contribution in [0.25, 0.3) is 5.52 Å². The molecule has 2 heterocycles. The topological polar surface area (TPSA) is 57.8 Å². The summed E-state index contributed by atoms with van der Waals surface area (Å²) in [7, 11) is 3.65. The zero-order chi connectivity index (χ0) is 11.0. The molecule has 0 unspecified atom stereocenters. The summed E-state index contributed by atoms with van der Waals surface area (Å²) in [5, 5.41) is 9.04. The van der Waals surface area contributed by atoms with Crippen molar-refractivity contribution in [2.45, 2.75) is 0 Å². The monoisotopic (exact) mass is 205 g/mol. The third kappa shape index (κ3) is 1.41. The maximum Gasteiger partial charge on any atom is 0.352 e. The van der Waals surface area contributed by atoms with Gasteiger partial charge in [-0.25, -0.2) is 9.78 Å². The molecule has 0 fully saturated rings. The number of hydrogen-bond acceptors (Lipinski definition) is 3. The van der Waals surface area contributed by atoms with Gasteiger partial charge in [-0.2, -0.15) is 0 Å². The number of aromatic carboxylic acids is 1. The molecule has 0 saturated heterocycles. The summed E-state index contributed by atoms with van der Waals surface area (Å²) < 4.78 is 1.61. The second-order valence-electron chi connectivity index (χ2n) is 3.43. The van der Waals surface area contributed by atoms with Crippen molar-refractivity contribution in [1.29, 1.82) is 0 Å². The van der Waals surface area contributed by atoms with E-state index in [1.54, 1.807) is 27.6 Å². The van der Waals surface area contributed by atoms with Gasteiger partial charge in [-0.3, -0.25) is 4.40 Å². The number of hydrogen-bond donors (Lipinski definition) is 1. The third-order valence-corrected chi connectivity index (χ3v) is 2.15. The number of carbonyl (C=O) groups is 1. The Bertz CT molecular complexity index is 516. The number of anilines is 1. The standard InChI is InChI=1S/C10H11N3O2/c1-12(2)10-11-6-7-4-3-5-8(9(14)15)13(7)10/h3-6H,1-2H3,(H,14,15). The summed E-state index contributed by atoms with van der Waals surface area (Å²) in [5.74, 6) is -0.343. The Balaban J connectivity index is 2.80. The van der Waals surface area contributed by atoms with Gasteiger partial charge in [0.25, 0.3) is 0 Å². The van der Waals surface area contributed by atoms with E-state index in [1.165, 1.54) is 0 Å². The second kappa shape index (κ2) is 3.27. The van der Waals surface area contributed by atoms with Gasteiger partial charge in [-0.15, -0.1) is 0 Å². The van der Waals surface area contributed by atoms with Crippen LogP contribution < -0.4 is 4.90 Å². The molecule has 0 aliphatic rings. The average molecular weight is 205 g/mol. The first kappa shape index (κ1) is 9.51. The van der Waals surface area contributed by atoms with Crippen LogP contribution >= 0.6 is 0 Å². The number of imidazole rings is 1. The van der Waals surface area contributed by atoms with E-state index in [2.05, 4.69) is 4.98 Å². The van der Waals surface area contributed by atoms with Crippen molar-refractivity contribution in [1.82, 2.24) is 9.38 Å². The van der Waals surface area contributed by atoms with Crippen LogP contribution in [0.5, 0.6) is 0 Å². The summed E-state index contributed by atoms with van der Waals surface area (Å²) in [5.41, 5.74) is 0.993. The lowest BCUT2D eigenvalue weighted by atomic mass is 10.3. The van der Waals surface area contributed by atoms with Gasteiger partial charge in [0.15, 0.2) is 0 Å². The van der Waals surface area contributed by atoms with Crippen LogP contribution in [-0.2, 0) is 0 Å². The van der Waals surface area contributed by atoms with Crippen LogP contribution in [0.4, 0.5) is 5.95 Å². The van der Waals surface area contributed by atoms with Gasteiger partial charge in [0.2, 0.25) is 5.95 Å². The molecule has 0 atom stereocenters. The van der Waals surface area contributed by atoms with E-state index in [9.17, 15) is 4.79 Å². The second-order valence-corrected chi connectivity index (χ2v) is 3.43. The van der Waals surface area contributed by atoms with Gasteiger partial charge in [0, 0.05) is 14.1 Å². The molecule has 0 aliphatic heterocycles. The quantitative estimate of drug-likeness (QED) is 0.797. The van der Waals surface area contributed by atoms with Gasteiger partial charge in [0.05, 0.1) is 11.7 Å². The van der Waals surface area contributed by atoms with E-state index < -0.39 is 5.97 Å². The Hall–Kier alpha value is -2.04. The van der Waals surface area contributed by atoms with Crippen molar-refractivity contribution in [3.8, 4) is 0 Å². The molecular formula is C10H11N3O2. The summed E-state index contributed by atoms with van der Waals surface area (Å²) >= 11 is 0. The average Bonchev–Trinajstić information content (AvgIpc) is 2.60. The molecule has 2 aromatic heterocycles. The number of aromatic nitrogens is 2. The van der Waals surface area contributed by atoms with Crippen LogP contribution in [-0.4, -0.2) is 34.6 Å². The Morgan fingerprint density at radius 2 is 2.20 bits per heavy atom. The minimum atomic E-state index is -0.957. The number of rotatable bonds is 2. The Kier molecular flexibility index (Phi) is 2.07. The van der Waals surface area contributed by atoms with E-state index in [1.807, 2.05) is 20.2 Å². The van der Waals surface area contributed by atoms with E-state index in [-0.39, 0.29) is 5.69 Å². The molecule has 2 aromatic rings. The first-order valence-electron chi connectivity index (χ1n) is 4.48. The first-order valence-corrected chi connectivity index (χ1v) is 4.48. The number of fused-ring (bicyclic) bond motifs is 1. The van der Waals surface area contributed by atoms with Crippen LogP contribution in [0.3, 0.4) is 0 Å². The van der Waals surface area contributed by atoms with Crippen molar-refractivity contribution in [2.24, 2.45) is 0 Å². The lowest BCUT2D eigenvalue weighted by Gasteiger charge is -2.11. The highest BCUT2D eigenvalue weighted by atomic mass is 16.4. The van der Waals surface area contributed by atoms with Gasteiger partial charge in [-0.1, -0.05) is 6.07 Å². The van der Waals surface area contributed by atoms with Gasteiger partial charge in [0.1, 0.15) is 5.69 Å². The van der Waals surface area contributed by atoms with E-state index >= 15 is 0 Å². The van der Waals surface area contributed by atoms with Crippen LogP contribution in [0.15, 0.2) is 24.4 Å². The molecule has 0 spiro atoms. The van der Waals surface area contributed by atoms with Gasteiger partial charge >= 0.3 is 5.97 Å². The lowest BCUT2D eigenvalue weighted by Crippen LogP contribution is -2.15. The zero-order valence-electron chi connectivity index (χ0n) is 8.51. The van der Waals surface area contributed by atoms with Gasteiger partial charge in [-0.05, 0) is 12.1 Å². The van der Waals surface area contributed by atoms with E-state index in [0.29, 0.717) is 5.95 Å². The van der Waals surface area contributed by atoms with Crippen molar-refractivity contribution < 1.29 is 9.90 Å². The molecular weight excluding hydrogens is 194 g/mol.